The van der Waals surface area contributed by atoms with Crippen LogP contribution in [0.25, 0.3) is 0 Å². The molecule has 0 radical (unpaired) electrons. The quantitative estimate of drug-likeness (QED) is 0.378. The topological polar surface area (TPSA) is 85.3 Å². The number of nitro groups is 1. The first-order chi connectivity index (χ1) is 12.1. The molecule has 1 aliphatic heterocycles. The van der Waals surface area contributed by atoms with Crippen LogP contribution in [-0.2, 0) is 6.42 Å². The zero-order valence-electron chi connectivity index (χ0n) is 14.1. The Morgan fingerprint density at radius 3 is 2.52 bits per heavy atom. The molecule has 1 fully saturated rings. The smallest absolute Gasteiger partial charge is 0.304 e. The van der Waals surface area contributed by atoms with Gasteiger partial charge in [0, 0.05) is 25.3 Å². The second-order valence-corrected chi connectivity index (χ2v) is 6.25. The maximum Gasteiger partial charge on any atom is 0.304 e. The van der Waals surface area contributed by atoms with Gasteiger partial charge in [0.25, 0.3) is 0 Å². The SMILES string of the molecule is O=[N+]([O-])c1cc[n+]([O-])cc1NCCc1ccc(N2CCCCC2)cc1. The van der Waals surface area contributed by atoms with Gasteiger partial charge in [0.15, 0.2) is 11.9 Å². The van der Waals surface area contributed by atoms with Crippen LogP contribution in [0, 0.1) is 15.3 Å². The average molecular weight is 342 g/mol. The summed E-state index contributed by atoms with van der Waals surface area (Å²) in [5.74, 6) is 0. The molecule has 2 aromatic rings. The standard InChI is InChI=1S/C18H22N4O3/c23-21-13-9-18(22(24)25)17(14-21)19-10-8-15-4-6-16(7-5-15)20-11-2-1-3-12-20/h4-7,9,13-14,19H,1-3,8,10-12H2. The molecule has 0 atom stereocenters. The fourth-order valence-corrected chi connectivity index (χ4v) is 3.13. The number of aromatic nitrogens is 1. The van der Waals surface area contributed by atoms with Crippen LogP contribution in [-0.4, -0.2) is 24.6 Å². The van der Waals surface area contributed by atoms with E-state index in [1.807, 2.05) is 0 Å². The number of pyridine rings is 1. The fourth-order valence-electron chi connectivity index (χ4n) is 3.13. The maximum atomic E-state index is 11.3. The van der Waals surface area contributed by atoms with Crippen molar-refractivity contribution in [3.63, 3.8) is 0 Å². The zero-order chi connectivity index (χ0) is 17.6. The van der Waals surface area contributed by atoms with E-state index < -0.39 is 4.92 Å². The molecule has 132 valence electrons. The number of anilines is 2. The van der Waals surface area contributed by atoms with Gasteiger partial charge >= 0.3 is 5.69 Å². The van der Waals surface area contributed by atoms with Gasteiger partial charge < -0.3 is 15.4 Å². The van der Waals surface area contributed by atoms with E-state index in [2.05, 4.69) is 34.5 Å². The molecule has 7 nitrogen and oxygen atoms in total. The first-order valence-corrected chi connectivity index (χ1v) is 8.58. The Morgan fingerprint density at radius 1 is 1.12 bits per heavy atom. The van der Waals surface area contributed by atoms with Gasteiger partial charge in [-0.2, -0.15) is 4.73 Å². The molecule has 25 heavy (non-hydrogen) atoms. The summed E-state index contributed by atoms with van der Waals surface area (Å²) in [5, 5.41) is 25.3. The minimum Gasteiger partial charge on any atom is -0.619 e. The summed E-state index contributed by atoms with van der Waals surface area (Å²) in [4.78, 5) is 12.9. The Kier molecular flexibility index (Phi) is 5.33. The number of nitrogens with zero attached hydrogens (tertiary/aromatic N) is 3. The Balaban J connectivity index is 1.57. The molecule has 1 aromatic carbocycles. The molecule has 1 saturated heterocycles. The van der Waals surface area contributed by atoms with Crippen molar-refractivity contribution in [2.75, 3.05) is 29.9 Å². The Labute approximate surface area is 146 Å². The monoisotopic (exact) mass is 342 g/mol. The minimum atomic E-state index is -0.490. The second kappa shape index (κ2) is 7.83. The lowest BCUT2D eigenvalue weighted by atomic mass is 10.1. The van der Waals surface area contributed by atoms with E-state index in [4.69, 9.17) is 0 Å². The molecule has 2 heterocycles. The van der Waals surface area contributed by atoms with Crippen LogP contribution in [0.4, 0.5) is 17.1 Å². The highest BCUT2D eigenvalue weighted by molar-refractivity contribution is 5.58. The third-order valence-electron chi connectivity index (χ3n) is 4.49. The lowest BCUT2D eigenvalue weighted by Crippen LogP contribution is -2.29. The van der Waals surface area contributed by atoms with Gasteiger partial charge in [-0.15, -0.1) is 0 Å². The number of benzene rings is 1. The van der Waals surface area contributed by atoms with Crippen molar-refractivity contribution in [3.05, 3.63) is 63.6 Å². The number of piperidine rings is 1. The van der Waals surface area contributed by atoms with Crippen molar-refractivity contribution in [2.45, 2.75) is 25.7 Å². The molecule has 7 heteroatoms. The summed E-state index contributed by atoms with van der Waals surface area (Å²) in [6, 6.07) is 9.68. The van der Waals surface area contributed by atoms with E-state index in [0.717, 1.165) is 31.3 Å². The predicted molar refractivity (Wildman–Crippen MR) is 96.8 cm³/mol. The van der Waals surface area contributed by atoms with E-state index in [-0.39, 0.29) is 11.4 Å². The van der Waals surface area contributed by atoms with Gasteiger partial charge in [-0.1, -0.05) is 12.1 Å². The zero-order valence-corrected chi connectivity index (χ0v) is 14.1. The summed E-state index contributed by atoms with van der Waals surface area (Å²) in [7, 11) is 0. The summed E-state index contributed by atoms with van der Waals surface area (Å²) in [6.45, 7) is 2.76. The molecule has 1 aromatic heterocycles. The molecule has 0 unspecified atom stereocenters. The molecule has 0 aliphatic carbocycles. The second-order valence-electron chi connectivity index (χ2n) is 6.25. The van der Waals surface area contributed by atoms with Gasteiger partial charge in [-0.05, 0) is 43.4 Å². The average Bonchev–Trinajstić information content (AvgIpc) is 2.63. The summed E-state index contributed by atoms with van der Waals surface area (Å²) >= 11 is 0. The molecule has 0 bridgehead atoms. The highest BCUT2D eigenvalue weighted by Crippen LogP contribution is 2.22. The van der Waals surface area contributed by atoms with E-state index in [0.29, 0.717) is 11.3 Å². The van der Waals surface area contributed by atoms with Crippen LogP contribution < -0.4 is 14.9 Å². The minimum absolute atomic E-state index is 0.0902. The largest absolute Gasteiger partial charge is 0.619 e. The van der Waals surface area contributed by atoms with Crippen LogP contribution in [0.15, 0.2) is 42.7 Å². The van der Waals surface area contributed by atoms with Gasteiger partial charge in [0.2, 0.25) is 6.20 Å². The third-order valence-corrected chi connectivity index (χ3v) is 4.49. The van der Waals surface area contributed by atoms with Crippen molar-refractivity contribution in [3.8, 4) is 0 Å². The normalized spacial score (nSPS) is 14.3. The van der Waals surface area contributed by atoms with Crippen LogP contribution in [0.2, 0.25) is 0 Å². The van der Waals surface area contributed by atoms with Crippen LogP contribution in [0.1, 0.15) is 24.8 Å². The van der Waals surface area contributed by atoms with Crippen molar-refractivity contribution < 1.29 is 9.65 Å². The van der Waals surface area contributed by atoms with E-state index in [1.165, 1.54) is 37.2 Å². The Bertz CT molecular complexity index is 728. The lowest BCUT2D eigenvalue weighted by Gasteiger charge is -2.28. The number of nitrogens with one attached hydrogen (secondary N) is 1. The molecular weight excluding hydrogens is 320 g/mol. The number of hydrogen-bond donors (Lipinski definition) is 1. The molecule has 1 N–H and O–H groups in total. The van der Waals surface area contributed by atoms with E-state index >= 15 is 0 Å². The Hall–Kier alpha value is -2.83. The molecule has 1 aliphatic rings. The summed E-state index contributed by atoms with van der Waals surface area (Å²) in [5.41, 5.74) is 2.56. The van der Waals surface area contributed by atoms with Gasteiger partial charge in [0.1, 0.15) is 0 Å². The van der Waals surface area contributed by atoms with Crippen molar-refractivity contribution in [1.82, 2.24) is 0 Å². The highest BCUT2D eigenvalue weighted by atomic mass is 16.6. The number of hydrogen-bond acceptors (Lipinski definition) is 5. The first kappa shape index (κ1) is 17.0. The van der Waals surface area contributed by atoms with Gasteiger partial charge in [-0.3, -0.25) is 10.1 Å². The van der Waals surface area contributed by atoms with E-state index in [1.54, 1.807) is 0 Å². The maximum absolute atomic E-state index is 11.3. The molecular formula is C18H22N4O3. The highest BCUT2D eigenvalue weighted by Gasteiger charge is 2.16. The van der Waals surface area contributed by atoms with Crippen molar-refractivity contribution in [1.29, 1.82) is 0 Å². The first-order valence-electron chi connectivity index (χ1n) is 8.58. The van der Waals surface area contributed by atoms with Crippen LogP contribution in [0.3, 0.4) is 0 Å². The lowest BCUT2D eigenvalue weighted by molar-refractivity contribution is -0.605. The van der Waals surface area contributed by atoms with Crippen molar-refractivity contribution >= 4 is 17.1 Å². The fraction of sp³-hybridized carbons (Fsp3) is 0.389. The van der Waals surface area contributed by atoms with Crippen LogP contribution in [0.5, 0.6) is 0 Å². The van der Waals surface area contributed by atoms with Gasteiger partial charge in [0.05, 0.1) is 11.0 Å². The molecule has 0 spiro atoms. The summed E-state index contributed by atoms with van der Waals surface area (Å²) in [6.07, 6.45) is 6.86. The third kappa shape index (κ3) is 4.37. The molecule has 0 saturated carbocycles. The van der Waals surface area contributed by atoms with Gasteiger partial charge in [-0.25, -0.2) is 0 Å². The summed E-state index contributed by atoms with van der Waals surface area (Å²) < 4.78 is 0.558. The number of rotatable bonds is 6. The molecule has 3 rings (SSSR count). The van der Waals surface area contributed by atoms with E-state index in [9.17, 15) is 15.3 Å². The van der Waals surface area contributed by atoms with Crippen LogP contribution >= 0.6 is 0 Å². The van der Waals surface area contributed by atoms with Crippen molar-refractivity contribution in [2.24, 2.45) is 0 Å². The predicted octanol–water partition coefficient (Wildman–Crippen LogP) is 2.87. The molecule has 0 amide bonds. The Morgan fingerprint density at radius 2 is 1.84 bits per heavy atom.